The van der Waals surface area contributed by atoms with Crippen LogP contribution in [-0.2, 0) is 141 Å². The molecule has 6 unspecified atom stereocenters. The predicted octanol–water partition coefficient (Wildman–Crippen LogP) is 5.20. The number of carbonyl (C=O) groups is 12. The Morgan fingerprint density at radius 1 is 0.438 bits per heavy atom. The van der Waals surface area contributed by atoms with Crippen LogP contribution in [0.1, 0.15) is 164 Å². The van der Waals surface area contributed by atoms with Gasteiger partial charge in [0.15, 0.2) is 37.0 Å². The van der Waals surface area contributed by atoms with Crippen molar-refractivity contribution in [1.29, 1.82) is 0 Å². The lowest BCUT2D eigenvalue weighted by Gasteiger charge is -2.44. The first-order valence-corrected chi connectivity index (χ1v) is 43.7. The van der Waals surface area contributed by atoms with Crippen molar-refractivity contribution < 1.29 is 153 Å². The van der Waals surface area contributed by atoms with Gasteiger partial charge in [-0.05, 0) is 77.6 Å². The van der Waals surface area contributed by atoms with E-state index in [1.165, 1.54) is 33.8 Å². The lowest BCUT2D eigenvalue weighted by atomic mass is 9.68. The molecule has 0 spiro atoms. The number of aliphatic hydroxyl groups excluding tert-OH is 1. The number of unbranched alkanes of at least 4 members (excludes halogenated alkanes) is 5. The van der Waals surface area contributed by atoms with E-state index in [1.807, 2.05) is 90.7 Å². The van der Waals surface area contributed by atoms with Crippen LogP contribution >= 0.6 is 0 Å². The molecule has 3 heterocycles. The molecule has 38 nitrogen and oxygen atoms in total. The monoisotopic (exact) mass is 1830 g/mol. The molecule has 4 aromatic rings. The second-order valence-corrected chi connectivity index (χ2v) is 32.0. The van der Waals surface area contributed by atoms with E-state index in [2.05, 4.69) is 33.5 Å². The zero-order valence-corrected chi connectivity index (χ0v) is 76.5. The number of carbonyl (C=O) groups excluding carboxylic acids is 12. The Balaban J connectivity index is 0.848. The number of aliphatic hydroxyl groups is 1. The second-order valence-electron chi connectivity index (χ2n) is 32.0. The van der Waals surface area contributed by atoms with Gasteiger partial charge in [0.25, 0.3) is 11.8 Å². The van der Waals surface area contributed by atoms with E-state index in [0.29, 0.717) is 49.4 Å². The van der Waals surface area contributed by atoms with Gasteiger partial charge in [0, 0.05) is 123 Å². The van der Waals surface area contributed by atoms with E-state index in [-0.39, 0.29) is 168 Å². The minimum Gasteiger partial charge on any atom is -0.497 e. The van der Waals surface area contributed by atoms with Crippen molar-refractivity contribution in [3.8, 4) is 11.5 Å². The molecule has 6 amide bonds. The average Bonchev–Trinajstić information content (AvgIpc) is 1.75. The Bertz CT molecular complexity index is 4040. The molecule has 3 saturated heterocycles. The first kappa shape index (κ1) is 107. The fourth-order valence-corrected chi connectivity index (χ4v) is 15.1. The SMILES string of the molecule is COc1ccc(C(OCC2(C)CN(C(=O)CCCCCCCCC(=O)NCc3cc(C(=O)NCCOCCOCCOCCOC4O[C@H](COC(C)=O)[C@H](OC(C)=O)[C@H](OC(C)=O)C4NC(C)=O)cc(C(=O)NCCOCCOCCOCCOC4O[C@H](COC(C)=O)[C@H](OC(C)=O)[C@H](OC(C)=O)C4NC(C)=O)c3)CC2(C)CO)(c2ccccc2)c2ccc(OC)cc2)cc1. The highest BCUT2D eigenvalue weighted by Gasteiger charge is 2.56. The molecule has 4 aromatic carbocycles. The quantitative estimate of drug-likeness (QED) is 0.0143. The summed E-state index contributed by atoms with van der Waals surface area (Å²) in [5.74, 6) is -5.19. The average molecular weight is 1830 g/mol. The van der Waals surface area contributed by atoms with Gasteiger partial charge < -0.3 is 127 Å². The second kappa shape index (κ2) is 55.7. The van der Waals surface area contributed by atoms with Crippen LogP contribution in [0.4, 0.5) is 0 Å². The number of amides is 6. The van der Waals surface area contributed by atoms with Crippen LogP contribution in [0.5, 0.6) is 11.5 Å². The molecule has 0 aliphatic carbocycles. The van der Waals surface area contributed by atoms with Gasteiger partial charge in [0.05, 0.1) is 120 Å². The number of hydrogen-bond acceptors (Lipinski definition) is 32. The number of likely N-dealkylation sites (tertiary alicyclic amines) is 1. The number of benzene rings is 4. The van der Waals surface area contributed by atoms with Crippen LogP contribution < -0.4 is 36.1 Å². The molecule has 3 aliphatic rings. The van der Waals surface area contributed by atoms with Crippen LogP contribution in [0.15, 0.2) is 97.1 Å². The maximum Gasteiger partial charge on any atom is 0.303 e. The van der Waals surface area contributed by atoms with Crippen molar-refractivity contribution in [2.45, 2.75) is 194 Å². The van der Waals surface area contributed by atoms with Crippen LogP contribution in [0, 0.1) is 10.8 Å². The van der Waals surface area contributed by atoms with E-state index < -0.39 is 137 Å². The van der Waals surface area contributed by atoms with Crippen LogP contribution in [-0.4, -0.2) is 302 Å². The Morgan fingerprint density at radius 2 is 0.815 bits per heavy atom. The molecule has 6 N–H and O–H groups in total. The Morgan fingerprint density at radius 3 is 1.21 bits per heavy atom. The largest absolute Gasteiger partial charge is 0.497 e. The molecule has 0 aromatic heterocycles. The molecule has 720 valence electrons. The minimum absolute atomic E-state index is 0.00726. The summed E-state index contributed by atoms with van der Waals surface area (Å²) < 4.78 is 108. The Labute approximate surface area is 758 Å². The number of esters is 6. The number of ether oxygens (including phenoxy) is 19. The van der Waals surface area contributed by atoms with Crippen LogP contribution in [0.25, 0.3) is 0 Å². The van der Waals surface area contributed by atoms with Gasteiger partial charge >= 0.3 is 35.8 Å². The zero-order chi connectivity index (χ0) is 94.6. The van der Waals surface area contributed by atoms with Gasteiger partial charge in [-0.15, -0.1) is 0 Å². The topological polar surface area (TPSA) is 464 Å². The first-order chi connectivity index (χ1) is 62.3. The smallest absolute Gasteiger partial charge is 0.303 e. The van der Waals surface area contributed by atoms with Gasteiger partial charge in [-0.1, -0.05) is 94.1 Å². The van der Waals surface area contributed by atoms with E-state index in [0.717, 1.165) is 70.1 Å². The van der Waals surface area contributed by atoms with Crippen molar-refractivity contribution >= 4 is 71.3 Å². The molecule has 3 aliphatic heterocycles. The number of nitrogens with one attached hydrogen (secondary N) is 5. The van der Waals surface area contributed by atoms with Crippen molar-refractivity contribution in [3.63, 3.8) is 0 Å². The van der Waals surface area contributed by atoms with Gasteiger partial charge in [-0.25, -0.2) is 0 Å². The van der Waals surface area contributed by atoms with Crippen molar-refractivity contribution in [2.24, 2.45) is 10.8 Å². The van der Waals surface area contributed by atoms with E-state index in [1.54, 1.807) is 26.4 Å². The highest BCUT2D eigenvalue weighted by molar-refractivity contribution is 6.00. The normalized spacial score (nSPS) is 21.2. The van der Waals surface area contributed by atoms with Crippen LogP contribution in [0.3, 0.4) is 0 Å². The third-order valence-electron chi connectivity index (χ3n) is 21.8. The summed E-state index contributed by atoms with van der Waals surface area (Å²) in [4.78, 5) is 153. The highest BCUT2D eigenvalue weighted by atomic mass is 16.7. The Kier molecular flexibility index (Phi) is 45.7. The van der Waals surface area contributed by atoms with Crippen molar-refractivity contribution in [2.75, 3.05) is 159 Å². The predicted molar refractivity (Wildman–Crippen MR) is 463 cm³/mol. The summed E-state index contributed by atoms with van der Waals surface area (Å²) >= 11 is 0. The fraction of sp³-hybridized carbons (Fsp3) is 0.609. The fourth-order valence-electron chi connectivity index (χ4n) is 15.1. The molecule has 38 heteroatoms. The van der Waals surface area contributed by atoms with Gasteiger partial charge in [-0.2, -0.15) is 0 Å². The first-order valence-electron chi connectivity index (χ1n) is 43.7. The molecule has 7 rings (SSSR count). The molecule has 130 heavy (non-hydrogen) atoms. The number of hydrogen-bond donors (Lipinski definition) is 6. The highest BCUT2D eigenvalue weighted by Crippen LogP contribution is 2.50. The Hall–Kier alpha value is -10.4. The van der Waals surface area contributed by atoms with E-state index in [9.17, 15) is 62.6 Å². The number of nitrogens with zero attached hydrogens (tertiary/aromatic N) is 1. The molecule has 3 fully saturated rings. The summed E-state index contributed by atoms with van der Waals surface area (Å²) in [5, 5.41) is 24.9. The van der Waals surface area contributed by atoms with Crippen molar-refractivity contribution in [3.05, 3.63) is 130 Å². The number of rotatable bonds is 58. The van der Waals surface area contributed by atoms with E-state index >= 15 is 0 Å². The van der Waals surface area contributed by atoms with E-state index in [4.69, 9.17) is 90.0 Å². The number of methoxy groups -OCH3 is 2. The maximum absolute atomic E-state index is 14.1. The maximum atomic E-state index is 14.1. The third kappa shape index (κ3) is 34.7. The third-order valence-corrected chi connectivity index (χ3v) is 21.8. The van der Waals surface area contributed by atoms with Gasteiger partial charge in [0.2, 0.25) is 23.6 Å². The molecule has 12 atom stereocenters. The summed E-state index contributed by atoms with van der Waals surface area (Å²) in [6.07, 6.45) is -4.81. The summed E-state index contributed by atoms with van der Waals surface area (Å²) in [6.45, 7) is 15.0. The molecule has 0 bridgehead atoms. The zero-order valence-electron chi connectivity index (χ0n) is 76.5. The lowest BCUT2D eigenvalue weighted by Crippen LogP contribution is -2.66. The standard InChI is InChI=1S/C92H130N6O32/c1-60(100)96-80-84(127-66(7)106)82(125-64(5)104)76(54-122-62(3)102)129-88(80)120-48-46-118-44-42-116-40-38-114-36-34-93-86(110)69-50-68(51-70(52-69)87(111)94-35-37-115-39-41-117-43-45-119-47-49-121-89-81(97-61(2)101)85(128-67(8)107)83(126-65(6)105)77(130-89)55-123-63(4)103)53-95-78(108)24-20-15-13-14-16-21-25-79(109)98-56-90(9,58-99)91(10,57-98)59-124-92(71-22-18-17-19-23-71,72-26-30-74(112-11)31-27-72)73-28-32-75(113-12)33-29-73/h17-19,22-23,26-33,50-52,76-77,80-85,88-89,99H,13-16,20-21,24-25,34-49,53-59H2,1-12H3,(H,93,110)(H,94,111)(H,95,108)(H,96,100)(H,97,101)/t76-,77-,80?,81?,82+,83+,84-,85-,88?,89?,90?,91?/m1/s1. The summed E-state index contributed by atoms with van der Waals surface area (Å²) in [5.41, 5.74) is 0.971. The van der Waals surface area contributed by atoms with Gasteiger partial charge in [-0.3, -0.25) is 57.5 Å². The summed E-state index contributed by atoms with van der Waals surface area (Å²) in [7, 11) is 3.24. The summed E-state index contributed by atoms with van der Waals surface area (Å²) in [6, 6.07) is 27.9. The molecule has 0 radical (unpaired) electrons. The molecule has 0 saturated carbocycles. The van der Waals surface area contributed by atoms with Crippen LogP contribution in [0.2, 0.25) is 0 Å². The molecular weight excluding hydrogens is 1700 g/mol. The van der Waals surface area contributed by atoms with Gasteiger partial charge in [0.1, 0.15) is 54.6 Å². The lowest BCUT2D eigenvalue weighted by molar-refractivity contribution is -0.279. The minimum atomic E-state index is -1.28. The van der Waals surface area contributed by atoms with Crippen molar-refractivity contribution in [1.82, 2.24) is 31.5 Å². The molecular formula is C92H130N6O32.